The standard InChI is InChI=1S/C27H27N5O/c1-19(30)25-10-8-22(9-11-25)17-32-27(33)26(15-29)18-31-16-21-4-2-20(3-5-21)12-23-6-7-24(13-23)14-28/h2-11,15,18H,1,12-13,16-17,29-30H2,(H,32,33)/b26-15+,31-18?. The Kier molecular flexibility index (Phi) is 7.98. The molecule has 0 aromatic heterocycles. The molecule has 1 aliphatic carbocycles. The number of hydrogen-bond acceptors (Lipinski definition) is 5. The van der Waals surface area contributed by atoms with E-state index >= 15 is 0 Å². The van der Waals surface area contributed by atoms with Crippen molar-refractivity contribution in [2.24, 2.45) is 16.5 Å². The molecular formula is C27H27N5O. The first-order chi connectivity index (χ1) is 16.0. The number of hydrogen-bond donors (Lipinski definition) is 3. The highest BCUT2D eigenvalue weighted by atomic mass is 16.1. The molecule has 0 atom stereocenters. The van der Waals surface area contributed by atoms with Gasteiger partial charge in [0.1, 0.15) is 0 Å². The second-order valence-electron chi connectivity index (χ2n) is 7.80. The van der Waals surface area contributed by atoms with Crippen LogP contribution in [0.5, 0.6) is 0 Å². The van der Waals surface area contributed by atoms with Crippen LogP contribution < -0.4 is 16.8 Å². The Labute approximate surface area is 194 Å². The Bertz CT molecular complexity index is 1180. The molecule has 3 rings (SSSR count). The summed E-state index contributed by atoms with van der Waals surface area (Å²) in [5.41, 5.74) is 18.2. The molecule has 1 aliphatic rings. The van der Waals surface area contributed by atoms with Crippen LogP contribution in [-0.4, -0.2) is 12.1 Å². The number of benzene rings is 2. The highest BCUT2D eigenvalue weighted by Gasteiger charge is 2.09. The molecule has 0 spiro atoms. The fourth-order valence-electron chi connectivity index (χ4n) is 3.35. The molecule has 0 unspecified atom stereocenters. The molecule has 0 saturated carbocycles. The lowest BCUT2D eigenvalue weighted by Gasteiger charge is -2.07. The molecule has 6 heteroatoms. The lowest BCUT2D eigenvalue weighted by molar-refractivity contribution is -0.117. The highest BCUT2D eigenvalue weighted by molar-refractivity contribution is 6.11. The summed E-state index contributed by atoms with van der Waals surface area (Å²) in [4.78, 5) is 16.8. The lowest BCUT2D eigenvalue weighted by Crippen LogP contribution is -2.25. The number of amides is 1. The van der Waals surface area contributed by atoms with Gasteiger partial charge in [-0.2, -0.15) is 5.26 Å². The van der Waals surface area contributed by atoms with E-state index in [4.69, 9.17) is 16.7 Å². The second kappa shape index (κ2) is 11.3. The smallest absolute Gasteiger partial charge is 0.254 e. The monoisotopic (exact) mass is 437 g/mol. The Hall–Kier alpha value is -4.37. The number of nitrogens with two attached hydrogens (primary N) is 2. The van der Waals surface area contributed by atoms with Crippen molar-refractivity contribution in [3.05, 3.63) is 112 Å². The minimum atomic E-state index is -0.293. The van der Waals surface area contributed by atoms with Gasteiger partial charge in [0, 0.05) is 36.7 Å². The molecule has 2 aromatic carbocycles. The van der Waals surface area contributed by atoms with Gasteiger partial charge in [0.15, 0.2) is 0 Å². The van der Waals surface area contributed by atoms with E-state index in [1.807, 2.05) is 48.6 Å². The van der Waals surface area contributed by atoms with Crippen molar-refractivity contribution in [1.29, 1.82) is 5.26 Å². The van der Waals surface area contributed by atoms with Crippen LogP contribution in [0.2, 0.25) is 0 Å². The van der Waals surface area contributed by atoms with Crippen LogP contribution in [0.4, 0.5) is 0 Å². The number of carbonyl (C=O) groups is 1. The zero-order valence-corrected chi connectivity index (χ0v) is 18.4. The molecule has 33 heavy (non-hydrogen) atoms. The number of rotatable bonds is 9. The Morgan fingerprint density at radius 1 is 1.09 bits per heavy atom. The van der Waals surface area contributed by atoms with Crippen LogP contribution in [0.25, 0.3) is 5.70 Å². The van der Waals surface area contributed by atoms with Crippen molar-refractivity contribution in [2.75, 3.05) is 0 Å². The average molecular weight is 438 g/mol. The maximum Gasteiger partial charge on any atom is 0.254 e. The van der Waals surface area contributed by atoms with Gasteiger partial charge >= 0.3 is 0 Å². The first kappa shape index (κ1) is 23.3. The number of nitrogens with one attached hydrogen (secondary N) is 1. The van der Waals surface area contributed by atoms with Crippen molar-refractivity contribution in [2.45, 2.75) is 25.9 Å². The highest BCUT2D eigenvalue weighted by Crippen LogP contribution is 2.22. The molecule has 0 bridgehead atoms. The quantitative estimate of drug-likeness (QED) is 0.410. The van der Waals surface area contributed by atoms with Gasteiger partial charge in [-0.05, 0) is 34.8 Å². The normalized spacial score (nSPS) is 13.4. The molecule has 0 heterocycles. The third-order valence-corrected chi connectivity index (χ3v) is 5.26. The second-order valence-corrected chi connectivity index (χ2v) is 7.80. The summed E-state index contributed by atoms with van der Waals surface area (Å²) in [6.07, 6.45) is 8.20. The van der Waals surface area contributed by atoms with Crippen LogP contribution in [0.1, 0.15) is 28.7 Å². The lowest BCUT2D eigenvalue weighted by atomic mass is 10.0. The fraction of sp³-hybridized carbons (Fsp3) is 0.148. The predicted molar refractivity (Wildman–Crippen MR) is 133 cm³/mol. The maximum absolute atomic E-state index is 12.4. The molecule has 5 N–H and O–H groups in total. The molecule has 0 fully saturated rings. The third-order valence-electron chi connectivity index (χ3n) is 5.26. The fourth-order valence-corrected chi connectivity index (χ4v) is 3.35. The molecule has 1 amide bonds. The minimum Gasteiger partial charge on any atom is -0.404 e. The summed E-state index contributed by atoms with van der Waals surface area (Å²) in [6.45, 7) is 4.51. The van der Waals surface area contributed by atoms with Gasteiger partial charge < -0.3 is 16.8 Å². The van der Waals surface area contributed by atoms with Crippen molar-refractivity contribution in [3.63, 3.8) is 0 Å². The minimum absolute atomic E-state index is 0.293. The van der Waals surface area contributed by atoms with Crippen LogP contribution in [0.3, 0.4) is 0 Å². The van der Waals surface area contributed by atoms with Crippen LogP contribution in [-0.2, 0) is 24.3 Å². The first-order valence-corrected chi connectivity index (χ1v) is 10.6. The van der Waals surface area contributed by atoms with E-state index in [1.54, 1.807) is 0 Å². The molecule has 0 aliphatic heterocycles. The molecule has 166 valence electrons. The summed E-state index contributed by atoms with van der Waals surface area (Å²) >= 11 is 0. The van der Waals surface area contributed by atoms with Crippen LogP contribution in [0.15, 0.2) is 95.2 Å². The van der Waals surface area contributed by atoms with E-state index < -0.39 is 0 Å². The Morgan fingerprint density at radius 3 is 2.36 bits per heavy atom. The van der Waals surface area contributed by atoms with Gasteiger partial charge in [-0.3, -0.25) is 9.79 Å². The molecular weight excluding hydrogens is 410 g/mol. The van der Waals surface area contributed by atoms with Gasteiger partial charge in [-0.1, -0.05) is 66.8 Å². The van der Waals surface area contributed by atoms with E-state index in [-0.39, 0.29) is 5.91 Å². The van der Waals surface area contributed by atoms with Gasteiger partial charge in [0.05, 0.1) is 18.2 Å². The van der Waals surface area contributed by atoms with Gasteiger partial charge in [0.25, 0.3) is 5.91 Å². The zero-order valence-electron chi connectivity index (χ0n) is 18.4. The van der Waals surface area contributed by atoms with E-state index in [2.05, 4.69) is 35.1 Å². The topological polar surface area (TPSA) is 117 Å². The van der Waals surface area contributed by atoms with Gasteiger partial charge in [-0.15, -0.1) is 0 Å². The Morgan fingerprint density at radius 2 is 1.76 bits per heavy atom. The summed E-state index contributed by atoms with van der Waals surface area (Å²) < 4.78 is 0. The number of allylic oxidation sites excluding steroid dienone is 4. The van der Waals surface area contributed by atoms with Gasteiger partial charge in [-0.25, -0.2) is 0 Å². The third kappa shape index (κ3) is 6.81. The summed E-state index contributed by atoms with van der Waals surface area (Å²) in [6, 6.07) is 17.9. The van der Waals surface area contributed by atoms with E-state index in [9.17, 15) is 4.79 Å². The number of carbonyl (C=O) groups excluding carboxylic acids is 1. The van der Waals surface area contributed by atoms with Crippen molar-refractivity contribution >= 4 is 17.8 Å². The van der Waals surface area contributed by atoms with Crippen molar-refractivity contribution in [3.8, 4) is 6.07 Å². The van der Waals surface area contributed by atoms with E-state index in [0.29, 0.717) is 24.4 Å². The summed E-state index contributed by atoms with van der Waals surface area (Å²) in [5.74, 6) is -0.293. The molecule has 0 saturated heterocycles. The van der Waals surface area contributed by atoms with Crippen LogP contribution in [0, 0.1) is 11.3 Å². The summed E-state index contributed by atoms with van der Waals surface area (Å²) in [5, 5.41) is 11.8. The SMILES string of the molecule is C=C(N)c1ccc(CNC(=O)/C(C=NCc2ccc(CC3=CC=C(C#N)C3)cc2)=C/N)cc1. The van der Waals surface area contributed by atoms with E-state index in [0.717, 1.165) is 35.1 Å². The average Bonchev–Trinajstić information content (AvgIpc) is 3.29. The number of nitriles is 1. The molecule has 6 nitrogen and oxygen atoms in total. The predicted octanol–water partition coefficient (Wildman–Crippen LogP) is 3.67. The summed E-state index contributed by atoms with van der Waals surface area (Å²) in [7, 11) is 0. The zero-order chi connectivity index (χ0) is 23.6. The van der Waals surface area contributed by atoms with E-state index in [1.165, 1.54) is 23.6 Å². The molecule has 0 radical (unpaired) electrons. The largest absolute Gasteiger partial charge is 0.404 e. The maximum atomic E-state index is 12.4. The number of aliphatic imine (C=N–C) groups is 1. The van der Waals surface area contributed by atoms with Crippen LogP contribution >= 0.6 is 0 Å². The molecule has 2 aromatic rings. The Balaban J connectivity index is 1.47. The number of nitrogens with zero attached hydrogens (tertiary/aromatic N) is 2. The van der Waals surface area contributed by atoms with Gasteiger partial charge in [0.2, 0.25) is 0 Å². The van der Waals surface area contributed by atoms with Crippen molar-refractivity contribution in [1.82, 2.24) is 5.32 Å². The first-order valence-electron chi connectivity index (χ1n) is 10.6. The van der Waals surface area contributed by atoms with Crippen molar-refractivity contribution < 1.29 is 4.79 Å².